The molecule has 6 nitrogen and oxygen atoms in total. The molecule has 192 valence electrons. The average Bonchev–Trinajstić information content (AvgIpc) is 2.78. The Morgan fingerprint density at radius 2 is 1.61 bits per heavy atom. The van der Waals surface area contributed by atoms with Crippen molar-refractivity contribution in [1.29, 1.82) is 0 Å². The standard InChI is InChI=1S/C26H47NO5S/c1-2-3-4-5-6-7-8-9-10-11-12-13-14-21-16-15-20(17-18-23(28)29)24(30)25(21)33-19-22(27)26(31)32/h14,20,22,24-25,30H,2-13,15-19,27H2,1H3,(H,28,29)(H,31,32)/b21-14+/t20-,22?,24+,25+/m1/s1. The Balaban J connectivity index is 2.41. The molecule has 4 atom stereocenters. The van der Waals surface area contributed by atoms with Crippen molar-refractivity contribution >= 4 is 23.7 Å². The molecule has 1 fully saturated rings. The van der Waals surface area contributed by atoms with Crippen LogP contribution in [0, 0.1) is 5.92 Å². The van der Waals surface area contributed by atoms with E-state index >= 15 is 0 Å². The highest BCUT2D eigenvalue weighted by Gasteiger charge is 2.35. The van der Waals surface area contributed by atoms with Crippen molar-refractivity contribution in [2.45, 2.75) is 127 Å². The van der Waals surface area contributed by atoms with Gasteiger partial charge in [-0.05, 0) is 38.0 Å². The first kappa shape index (κ1) is 30.0. The van der Waals surface area contributed by atoms with E-state index in [9.17, 15) is 14.7 Å². The van der Waals surface area contributed by atoms with Crippen molar-refractivity contribution in [1.82, 2.24) is 0 Å². The molecule has 0 aromatic rings. The fourth-order valence-corrected chi connectivity index (χ4v) is 5.96. The minimum atomic E-state index is -1.04. The van der Waals surface area contributed by atoms with Gasteiger partial charge in [0.2, 0.25) is 0 Å². The number of aliphatic carboxylic acids is 2. The molecule has 1 saturated carbocycles. The zero-order valence-corrected chi connectivity index (χ0v) is 21.4. The van der Waals surface area contributed by atoms with E-state index in [0.717, 1.165) is 25.7 Å². The third-order valence-corrected chi connectivity index (χ3v) is 8.17. The van der Waals surface area contributed by atoms with Crippen LogP contribution in [0.2, 0.25) is 0 Å². The van der Waals surface area contributed by atoms with E-state index in [-0.39, 0.29) is 23.3 Å². The van der Waals surface area contributed by atoms with Crippen LogP contribution in [0.15, 0.2) is 11.6 Å². The Morgan fingerprint density at radius 1 is 1.03 bits per heavy atom. The van der Waals surface area contributed by atoms with Crippen LogP contribution < -0.4 is 5.73 Å². The first-order valence-corrected chi connectivity index (χ1v) is 14.1. The maximum absolute atomic E-state index is 11.1. The number of rotatable bonds is 19. The topological polar surface area (TPSA) is 121 Å². The molecular formula is C26H47NO5S. The molecular weight excluding hydrogens is 438 g/mol. The molecule has 0 spiro atoms. The molecule has 0 aliphatic heterocycles. The normalized spacial score (nSPS) is 23.0. The van der Waals surface area contributed by atoms with Crippen LogP contribution >= 0.6 is 11.8 Å². The molecule has 0 amide bonds. The second-order valence-electron chi connectivity index (χ2n) is 9.52. The van der Waals surface area contributed by atoms with Crippen LogP contribution in [0.3, 0.4) is 0 Å². The summed E-state index contributed by atoms with van der Waals surface area (Å²) in [6, 6.07) is -0.963. The van der Waals surface area contributed by atoms with Crippen molar-refractivity contribution in [3.8, 4) is 0 Å². The first-order chi connectivity index (χ1) is 15.9. The number of unbranched alkanes of at least 4 members (excludes halogenated alkanes) is 11. The first-order valence-electron chi connectivity index (χ1n) is 13.1. The Bertz CT molecular complexity index is 583. The molecule has 0 saturated heterocycles. The summed E-state index contributed by atoms with van der Waals surface area (Å²) in [7, 11) is 0. The molecule has 0 aromatic carbocycles. The van der Waals surface area contributed by atoms with Crippen LogP contribution in [-0.4, -0.2) is 50.4 Å². The van der Waals surface area contributed by atoms with Gasteiger partial charge in [0.1, 0.15) is 6.04 Å². The lowest BCUT2D eigenvalue weighted by atomic mass is 9.80. The minimum absolute atomic E-state index is 0.0472. The van der Waals surface area contributed by atoms with Gasteiger partial charge in [0.15, 0.2) is 0 Å². The van der Waals surface area contributed by atoms with Gasteiger partial charge in [-0.15, -0.1) is 11.8 Å². The van der Waals surface area contributed by atoms with Gasteiger partial charge in [-0.25, -0.2) is 0 Å². The molecule has 1 unspecified atom stereocenters. The number of carboxylic acid groups (broad SMARTS) is 2. The third-order valence-electron chi connectivity index (χ3n) is 6.68. The number of hydrogen-bond acceptors (Lipinski definition) is 5. The van der Waals surface area contributed by atoms with Crippen LogP contribution in [0.4, 0.5) is 0 Å². The van der Waals surface area contributed by atoms with Crippen molar-refractivity contribution < 1.29 is 24.9 Å². The third kappa shape index (κ3) is 13.4. The highest BCUT2D eigenvalue weighted by atomic mass is 32.2. The van der Waals surface area contributed by atoms with Crippen molar-refractivity contribution in [2.75, 3.05) is 5.75 Å². The van der Waals surface area contributed by atoms with E-state index in [1.165, 1.54) is 81.5 Å². The molecule has 0 bridgehead atoms. The summed E-state index contributed by atoms with van der Waals surface area (Å²) >= 11 is 1.40. The molecule has 0 radical (unpaired) electrons. The summed E-state index contributed by atoms with van der Waals surface area (Å²) in [4.78, 5) is 22.0. The predicted molar refractivity (Wildman–Crippen MR) is 137 cm³/mol. The Hall–Kier alpha value is -1.05. The number of carbonyl (C=O) groups is 2. The fourth-order valence-electron chi connectivity index (χ4n) is 4.55. The maximum atomic E-state index is 11.1. The smallest absolute Gasteiger partial charge is 0.321 e. The zero-order valence-electron chi connectivity index (χ0n) is 20.6. The Labute approximate surface area is 204 Å². The van der Waals surface area contributed by atoms with Crippen LogP contribution in [0.5, 0.6) is 0 Å². The molecule has 7 heteroatoms. The largest absolute Gasteiger partial charge is 0.481 e. The second kappa shape index (κ2) is 18.3. The lowest BCUT2D eigenvalue weighted by molar-refractivity contribution is -0.138. The maximum Gasteiger partial charge on any atom is 0.321 e. The summed E-state index contributed by atoms with van der Waals surface area (Å²) in [6.45, 7) is 2.25. The second-order valence-corrected chi connectivity index (χ2v) is 10.7. The van der Waals surface area contributed by atoms with Crippen molar-refractivity contribution in [3.05, 3.63) is 11.6 Å². The average molecular weight is 486 g/mol. The number of carboxylic acids is 2. The van der Waals surface area contributed by atoms with Gasteiger partial charge in [0.25, 0.3) is 0 Å². The van der Waals surface area contributed by atoms with Crippen LogP contribution in [0.1, 0.15) is 110 Å². The number of nitrogens with two attached hydrogens (primary N) is 1. The number of thioether (sulfide) groups is 1. The number of allylic oxidation sites excluding steroid dienone is 1. The lowest BCUT2D eigenvalue weighted by Gasteiger charge is -2.37. The van der Waals surface area contributed by atoms with Gasteiger partial charge in [-0.1, -0.05) is 82.8 Å². The summed E-state index contributed by atoms with van der Waals surface area (Å²) in [5, 5.41) is 28.8. The van der Waals surface area contributed by atoms with Crippen molar-refractivity contribution in [3.63, 3.8) is 0 Å². The highest BCUT2D eigenvalue weighted by Crippen LogP contribution is 2.39. The highest BCUT2D eigenvalue weighted by molar-refractivity contribution is 8.00. The van der Waals surface area contributed by atoms with Gasteiger partial charge in [-0.3, -0.25) is 9.59 Å². The SMILES string of the molecule is CCCCCCCCCCCCC/C=C1\CC[C@H](CCC(=O)O)[C@H](O)[C@H]1SCC(N)C(=O)O. The molecule has 1 rings (SSSR count). The van der Waals surface area contributed by atoms with E-state index in [0.29, 0.717) is 6.42 Å². The molecule has 0 aromatic heterocycles. The zero-order chi connectivity index (χ0) is 24.5. The number of hydrogen-bond donors (Lipinski definition) is 4. The predicted octanol–water partition coefficient (Wildman–Crippen LogP) is 5.76. The quantitative estimate of drug-likeness (QED) is 0.135. The van der Waals surface area contributed by atoms with Gasteiger partial charge >= 0.3 is 11.9 Å². The van der Waals surface area contributed by atoms with Gasteiger partial charge in [0.05, 0.1) is 11.4 Å². The molecule has 1 aliphatic carbocycles. The van der Waals surface area contributed by atoms with Gasteiger partial charge in [0, 0.05) is 12.2 Å². The summed E-state index contributed by atoms with van der Waals surface area (Å²) in [5.41, 5.74) is 6.85. The minimum Gasteiger partial charge on any atom is -0.481 e. The summed E-state index contributed by atoms with van der Waals surface area (Å²) in [5.74, 6) is -1.73. The van der Waals surface area contributed by atoms with Crippen molar-refractivity contribution in [2.24, 2.45) is 11.7 Å². The molecule has 33 heavy (non-hydrogen) atoms. The molecule has 0 heterocycles. The Morgan fingerprint density at radius 3 is 2.15 bits per heavy atom. The summed E-state index contributed by atoms with van der Waals surface area (Å²) < 4.78 is 0. The molecule has 5 N–H and O–H groups in total. The summed E-state index contributed by atoms with van der Waals surface area (Å²) in [6.07, 6.45) is 19.0. The number of aliphatic hydroxyl groups excluding tert-OH is 1. The monoisotopic (exact) mass is 485 g/mol. The Kier molecular flexibility index (Phi) is 16.6. The van der Waals surface area contributed by atoms with E-state index in [1.807, 2.05) is 0 Å². The molecule has 1 aliphatic rings. The van der Waals surface area contributed by atoms with Crippen LogP contribution in [0.25, 0.3) is 0 Å². The van der Waals surface area contributed by atoms with E-state index in [2.05, 4.69) is 13.0 Å². The van der Waals surface area contributed by atoms with Crippen LogP contribution in [-0.2, 0) is 9.59 Å². The number of aliphatic hydroxyl groups is 1. The fraction of sp³-hybridized carbons (Fsp3) is 0.846. The van der Waals surface area contributed by atoms with E-state index < -0.39 is 24.1 Å². The van der Waals surface area contributed by atoms with E-state index in [1.54, 1.807) is 0 Å². The lowest BCUT2D eigenvalue weighted by Crippen LogP contribution is -2.40. The van der Waals surface area contributed by atoms with Gasteiger partial charge in [-0.2, -0.15) is 0 Å². The van der Waals surface area contributed by atoms with E-state index in [4.69, 9.17) is 15.9 Å². The van der Waals surface area contributed by atoms with Gasteiger partial charge < -0.3 is 21.1 Å².